The Morgan fingerprint density at radius 3 is 2.26 bits per heavy atom. The van der Waals surface area contributed by atoms with Gasteiger partial charge in [0, 0.05) is 0 Å². The molecule has 0 aliphatic carbocycles. The number of anilines is 1. The maximum Gasteiger partial charge on any atom is 0.291 e. The highest BCUT2D eigenvalue weighted by Crippen LogP contribution is 2.45. The summed E-state index contributed by atoms with van der Waals surface area (Å²) in [5.41, 5.74) is 2.64. The van der Waals surface area contributed by atoms with Crippen LogP contribution in [0.25, 0.3) is 0 Å². The van der Waals surface area contributed by atoms with Gasteiger partial charge in [0.25, 0.3) is 11.7 Å². The molecule has 4 heteroatoms. The highest BCUT2D eigenvalue weighted by Gasteiger charge is 2.51. The molecule has 1 aliphatic heterocycles. The number of nitrogens with zero attached hydrogens (tertiary/aromatic N) is 1. The van der Waals surface area contributed by atoms with E-state index in [0.717, 1.165) is 24.1 Å². The topological polar surface area (TPSA) is 37.4 Å². The van der Waals surface area contributed by atoms with Crippen LogP contribution in [0.2, 0.25) is 18.1 Å². The standard InChI is InChI=1S/C19H29NO2Si/c1-13(2)11-12-14-9-8-10-15-16(14)20(18(22)17(15)21)23(6,7)19(3,4)5/h8-10,13H,11-12H2,1-7H3. The number of carbonyl (C=O) groups excluding carboxylic acids is 2. The van der Waals surface area contributed by atoms with Crippen molar-refractivity contribution in [3.63, 3.8) is 0 Å². The summed E-state index contributed by atoms with van der Waals surface area (Å²) in [4.78, 5) is 25.3. The fraction of sp³-hybridized carbons (Fsp3) is 0.579. The van der Waals surface area contributed by atoms with Gasteiger partial charge in [0.05, 0.1) is 11.3 Å². The van der Waals surface area contributed by atoms with E-state index in [1.165, 1.54) is 0 Å². The van der Waals surface area contributed by atoms with Gasteiger partial charge in [-0.25, -0.2) is 0 Å². The lowest BCUT2D eigenvalue weighted by molar-refractivity contribution is -0.113. The quantitative estimate of drug-likeness (QED) is 0.586. The average molecular weight is 332 g/mol. The van der Waals surface area contributed by atoms with E-state index in [2.05, 4.69) is 53.8 Å². The Kier molecular flexibility index (Phi) is 4.59. The third kappa shape index (κ3) is 3.01. The van der Waals surface area contributed by atoms with Crippen LogP contribution in [0.1, 0.15) is 57.0 Å². The molecule has 0 saturated heterocycles. The number of carbonyl (C=O) groups is 2. The number of Topliss-reactive ketones (excluding diaryl/α,β-unsaturated/α-hetero) is 1. The Morgan fingerprint density at radius 2 is 1.74 bits per heavy atom. The first-order valence-corrected chi connectivity index (χ1v) is 11.4. The largest absolute Gasteiger partial charge is 0.332 e. The fourth-order valence-electron chi connectivity index (χ4n) is 2.87. The molecule has 0 N–H and O–H groups in total. The summed E-state index contributed by atoms with van der Waals surface area (Å²) in [6.07, 6.45) is 1.97. The van der Waals surface area contributed by atoms with Crippen molar-refractivity contribution in [2.24, 2.45) is 5.92 Å². The van der Waals surface area contributed by atoms with Crippen molar-refractivity contribution in [2.45, 2.75) is 65.6 Å². The van der Waals surface area contributed by atoms with Crippen molar-refractivity contribution in [1.82, 2.24) is 0 Å². The second kappa shape index (κ2) is 5.89. The molecule has 0 atom stereocenters. The van der Waals surface area contributed by atoms with Crippen molar-refractivity contribution in [3.8, 4) is 0 Å². The second-order valence-electron chi connectivity index (χ2n) is 8.52. The molecule has 2 rings (SSSR count). The maximum absolute atomic E-state index is 12.8. The number of benzene rings is 1. The van der Waals surface area contributed by atoms with E-state index in [4.69, 9.17) is 0 Å². The molecule has 1 aromatic carbocycles. The first-order valence-electron chi connectivity index (χ1n) is 8.49. The lowest BCUT2D eigenvalue weighted by Crippen LogP contribution is -2.57. The molecule has 1 amide bonds. The summed E-state index contributed by atoms with van der Waals surface area (Å²) in [6, 6.07) is 5.80. The predicted molar refractivity (Wildman–Crippen MR) is 98.6 cm³/mol. The molecule has 0 radical (unpaired) electrons. The van der Waals surface area contributed by atoms with Crippen molar-refractivity contribution < 1.29 is 9.59 Å². The molecule has 0 unspecified atom stereocenters. The molecule has 1 heterocycles. The van der Waals surface area contributed by atoms with E-state index >= 15 is 0 Å². The third-order valence-corrected chi connectivity index (χ3v) is 10.6. The molecule has 3 nitrogen and oxygen atoms in total. The van der Waals surface area contributed by atoms with Crippen LogP contribution in [-0.4, -0.2) is 19.9 Å². The van der Waals surface area contributed by atoms with E-state index in [1.807, 2.05) is 16.7 Å². The fourth-order valence-corrected chi connectivity index (χ4v) is 4.97. The zero-order valence-corrected chi connectivity index (χ0v) is 16.5. The molecule has 126 valence electrons. The molecule has 0 fully saturated rings. The number of rotatable bonds is 4. The molecule has 1 aromatic rings. The van der Waals surface area contributed by atoms with E-state index in [0.29, 0.717) is 11.5 Å². The lowest BCUT2D eigenvalue weighted by Gasteiger charge is -2.44. The van der Waals surface area contributed by atoms with Gasteiger partial charge in [0.1, 0.15) is 0 Å². The first-order chi connectivity index (χ1) is 10.5. The van der Waals surface area contributed by atoms with Gasteiger partial charge in [0.2, 0.25) is 0 Å². The molecule has 0 aromatic heterocycles. The molecule has 23 heavy (non-hydrogen) atoms. The van der Waals surface area contributed by atoms with Crippen LogP contribution in [-0.2, 0) is 11.2 Å². The van der Waals surface area contributed by atoms with Crippen LogP contribution < -0.4 is 4.57 Å². The monoisotopic (exact) mass is 331 g/mol. The number of ketones is 1. The normalized spacial score (nSPS) is 15.6. The number of amides is 1. The molecular weight excluding hydrogens is 302 g/mol. The highest BCUT2D eigenvalue weighted by molar-refractivity contribution is 6.90. The van der Waals surface area contributed by atoms with E-state index in [1.54, 1.807) is 0 Å². The zero-order chi connectivity index (χ0) is 17.6. The van der Waals surface area contributed by atoms with Gasteiger partial charge in [-0.2, -0.15) is 0 Å². The van der Waals surface area contributed by atoms with Crippen LogP contribution in [0.5, 0.6) is 0 Å². The van der Waals surface area contributed by atoms with Crippen molar-refractivity contribution in [3.05, 3.63) is 29.3 Å². The molecule has 0 spiro atoms. The Hall–Kier alpha value is -1.42. The summed E-state index contributed by atoms with van der Waals surface area (Å²) in [7, 11) is -2.15. The average Bonchev–Trinajstić information content (AvgIpc) is 2.68. The lowest BCUT2D eigenvalue weighted by atomic mass is 9.99. The first kappa shape index (κ1) is 17.9. The van der Waals surface area contributed by atoms with Gasteiger partial charge in [-0.1, -0.05) is 59.8 Å². The molecular formula is C19H29NO2Si. The number of para-hydroxylation sites is 1. The Balaban J connectivity index is 2.58. The Bertz CT molecular complexity index is 641. The minimum atomic E-state index is -2.15. The zero-order valence-electron chi connectivity index (χ0n) is 15.5. The van der Waals surface area contributed by atoms with Gasteiger partial charge in [-0.15, -0.1) is 0 Å². The van der Waals surface area contributed by atoms with Crippen LogP contribution >= 0.6 is 0 Å². The van der Waals surface area contributed by atoms with Crippen molar-refractivity contribution in [2.75, 3.05) is 4.57 Å². The highest BCUT2D eigenvalue weighted by atomic mass is 28.3. The van der Waals surface area contributed by atoms with Crippen molar-refractivity contribution >= 4 is 25.6 Å². The van der Waals surface area contributed by atoms with E-state index in [9.17, 15) is 9.59 Å². The maximum atomic E-state index is 12.8. The molecule has 0 saturated carbocycles. The van der Waals surface area contributed by atoms with Gasteiger partial charge in [0.15, 0.2) is 8.24 Å². The van der Waals surface area contributed by atoms with Crippen LogP contribution in [0, 0.1) is 5.92 Å². The van der Waals surface area contributed by atoms with Gasteiger partial charge in [-0.05, 0) is 35.4 Å². The number of fused-ring (bicyclic) bond motifs is 1. The Morgan fingerprint density at radius 1 is 1.13 bits per heavy atom. The summed E-state index contributed by atoms with van der Waals surface area (Å²) >= 11 is 0. The minimum Gasteiger partial charge on any atom is -0.332 e. The van der Waals surface area contributed by atoms with Gasteiger partial charge >= 0.3 is 0 Å². The smallest absolute Gasteiger partial charge is 0.291 e. The second-order valence-corrected chi connectivity index (χ2v) is 13.6. The molecule has 1 aliphatic rings. The number of hydrogen-bond donors (Lipinski definition) is 0. The van der Waals surface area contributed by atoms with Crippen molar-refractivity contribution in [1.29, 1.82) is 0 Å². The molecule has 0 bridgehead atoms. The SMILES string of the molecule is CC(C)CCc1cccc2c1N([Si](C)(C)C(C)(C)C)C(=O)C2=O. The summed E-state index contributed by atoms with van der Waals surface area (Å²) < 4.78 is 1.89. The van der Waals surface area contributed by atoms with Crippen LogP contribution in [0.4, 0.5) is 5.69 Å². The summed E-state index contributed by atoms with van der Waals surface area (Å²) in [5, 5.41) is -0.00426. The van der Waals surface area contributed by atoms with E-state index < -0.39 is 8.24 Å². The summed E-state index contributed by atoms with van der Waals surface area (Å²) in [6.45, 7) is 15.3. The summed E-state index contributed by atoms with van der Waals surface area (Å²) in [5.74, 6) is -0.0696. The van der Waals surface area contributed by atoms with Gasteiger partial charge in [-0.3, -0.25) is 9.59 Å². The Labute approximate surface area is 141 Å². The number of aryl methyl sites for hydroxylation is 1. The number of hydrogen-bond acceptors (Lipinski definition) is 2. The van der Waals surface area contributed by atoms with Crippen LogP contribution in [0.3, 0.4) is 0 Å². The van der Waals surface area contributed by atoms with Gasteiger partial charge < -0.3 is 4.57 Å². The predicted octanol–water partition coefficient (Wildman–Crippen LogP) is 4.81. The minimum absolute atomic E-state index is 0.00426. The third-order valence-electron chi connectivity index (χ3n) is 5.37. The van der Waals surface area contributed by atoms with Crippen LogP contribution in [0.15, 0.2) is 18.2 Å². The van der Waals surface area contributed by atoms with E-state index in [-0.39, 0.29) is 16.7 Å².